The number of fused-ring (bicyclic) bond motifs is 3. The Morgan fingerprint density at radius 1 is 1.28 bits per heavy atom. The van der Waals surface area contributed by atoms with E-state index in [9.17, 15) is 9.59 Å². The van der Waals surface area contributed by atoms with Crippen molar-refractivity contribution in [3.05, 3.63) is 54.4 Å². The Hall–Kier alpha value is -3.22. The fourth-order valence-electron chi connectivity index (χ4n) is 3.26. The minimum Gasteiger partial charge on any atom is -0.465 e. The molecule has 0 fully saturated rings. The Balaban J connectivity index is 1.96. The molecule has 1 amide bonds. The molecule has 0 spiro atoms. The third kappa shape index (κ3) is 2.44. The van der Waals surface area contributed by atoms with E-state index >= 15 is 0 Å². The van der Waals surface area contributed by atoms with Gasteiger partial charge in [-0.2, -0.15) is 0 Å². The Labute approximate surface area is 143 Å². The molecule has 7 heteroatoms. The number of ether oxygens (including phenoxy) is 1. The van der Waals surface area contributed by atoms with Crippen molar-refractivity contribution < 1.29 is 14.3 Å². The molecule has 1 N–H and O–H groups in total. The minimum absolute atomic E-state index is 0.208. The number of amides is 1. The molecule has 0 saturated heterocycles. The molecule has 0 aliphatic carbocycles. The fraction of sp³-hybridized carbons (Fsp3) is 0.222. The number of carbonyl (C=O) groups is 2. The van der Waals surface area contributed by atoms with Crippen LogP contribution >= 0.6 is 0 Å². The number of imidazole rings is 1. The van der Waals surface area contributed by atoms with E-state index in [0.29, 0.717) is 5.95 Å². The van der Waals surface area contributed by atoms with E-state index in [1.165, 1.54) is 0 Å². The van der Waals surface area contributed by atoms with Gasteiger partial charge in [-0.25, -0.2) is 4.98 Å². The first-order valence-electron chi connectivity index (χ1n) is 8.05. The van der Waals surface area contributed by atoms with E-state index < -0.39 is 23.8 Å². The second-order valence-corrected chi connectivity index (χ2v) is 5.74. The molecule has 2 aromatic heterocycles. The van der Waals surface area contributed by atoms with Gasteiger partial charge in [0.25, 0.3) is 0 Å². The predicted molar refractivity (Wildman–Crippen MR) is 90.9 cm³/mol. The van der Waals surface area contributed by atoms with Crippen LogP contribution in [-0.2, 0) is 14.3 Å². The van der Waals surface area contributed by atoms with Gasteiger partial charge < -0.3 is 9.30 Å². The average Bonchev–Trinajstić information content (AvgIpc) is 2.99. The fourth-order valence-corrected chi connectivity index (χ4v) is 3.26. The molecule has 3 heterocycles. The molecule has 2 atom stereocenters. The van der Waals surface area contributed by atoms with Gasteiger partial charge in [0.05, 0.1) is 23.7 Å². The number of pyridine rings is 1. The van der Waals surface area contributed by atoms with Gasteiger partial charge in [0.1, 0.15) is 0 Å². The normalized spacial score (nSPS) is 19.3. The topological polar surface area (TPSA) is 86.1 Å². The quantitative estimate of drug-likeness (QED) is 0.585. The molecular formula is C18H16N4O3. The van der Waals surface area contributed by atoms with Crippen LogP contribution in [0.1, 0.15) is 18.5 Å². The second kappa shape index (κ2) is 6.01. The maximum absolute atomic E-state index is 12.6. The first kappa shape index (κ1) is 15.3. The number of nitrogens with one attached hydrogen (secondary N) is 1. The highest BCUT2D eigenvalue weighted by molar-refractivity contribution is 6.07. The van der Waals surface area contributed by atoms with Crippen molar-refractivity contribution in [3.8, 4) is 0 Å². The number of hydrogen-bond donors (Lipinski definition) is 1. The number of carbonyl (C=O) groups excluding carboxylic acids is 2. The maximum Gasteiger partial charge on any atom is 0.321 e. The summed E-state index contributed by atoms with van der Waals surface area (Å²) in [5, 5.41) is 2.73. The lowest BCUT2D eigenvalue weighted by atomic mass is 9.91. The zero-order valence-corrected chi connectivity index (χ0v) is 13.5. The Morgan fingerprint density at radius 2 is 2.12 bits per heavy atom. The van der Waals surface area contributed by atoms with E-state index in [1.807, 2.05) is 34.9 Å². The summed E-state index contributed by atoms with van der Waals surface area (Å²) in [5.41, 5.74) is 2.33. The lowest BCUT2D eigenvalue weighted by Crippen LogP contribution is -2.43. The number of anilines is 1. The molecule has 1 aromatic carbocycles. The maximum atomic E-state index is 12.6. The van der Waals surface area contributed by atoms with Crippen LogP contribution in [0.3, 0.4) is 0 Å². The van der Waals surface area contributed by atoms with Gasteiger partial charge in [0.15, 0.2) is 5.92 Å². The zero-order chi connectivity index (χ0) is 17.4. The number of aromatic nitrogens is 3. The SMILES string of the molecule is CCOC(=O)[C@H]1C(=O)Nc2nc3ccccc3n2[C@@H]1c1cccnc1. The van der Waals surface area contributed by atoms with Crippen LogP contribution in [0.5, 0.6) is 0 Å². The van der Waals surface area contributed by atoms with E-state index in [-0.39, 0.29) is 6.61 Å². The Kier molecular flexibility index (Phi) is 3.68. The van der Waals surface area contributed by atoms with Crippen molar-refractivity contribution in [3.63, 3.8) is 0 Å². The van der Waals surface area contributed by atoms with E-state index in [1.54, 1.807) is 25.4 Å². The van der Waals surface area contributed by atoms with Crippen molar-refractivity contribution in [2.75, 3.05) is 11.9 Å². The van der Waals surface area contributed by atoms with Gasteiger partial charge in [-0.1, -0.05) is 18.2 Å². The first-order chi connectivity index (χ1) is 12.2. The standard InChI is InChI=1S/C18H16N4O3/c1-2-25-17(24)14-15(11-6-5-9-19-10-11)22-13-8-4-3-7-12(13)20-18(22)21-16(14)23/h3-10,14-15H,2H2,1H3,(H,20,21,23)/t14-,15-/m1/s1. The summed E-state index contributed by atoms with van der Waals surface area (Å²) in [5.74, 6) is -1.57. The molecule has 0 radical (unpaired) electrons. The molecule has 1 aliphatic rings. The van der Waals surface area contributed by atoms with Crippen LogP contribution in [0, 0.1) is 5.92 Å². The van der Waals surface area contributed by atoms with Crippen molar-refractivity contribution in [1.29, 1.82) is 0 Å². The number of rotatable bonds is 3. The highest BCUT2D eigenvalue weighted by Crippen LogP contribution is 2.38. The largest absolute Gasteiger partial charge is 0.465 e. The molecular weight excluding hydrogens is 320 g/mol. The molecule has 0 bridgehead atoms. The molecule has 0 saturated carbocycles. The van der Waals surface area contributed by atoms with E-state index in [0.717, 1.165) is 16.6 Å². The molecule has 7 nitrogen and oxygen atoms in total. The Morgan fingerprint density at radius 3 is 2.88 bits per heavy atom. The number of benzene rings is 1. The van der Waals surface area contributed by atoms with Gasteiger partial charge in [-0.15, -0.1) is 0 Å². The molecule has 1 aliphatic heterocycles. The third-order valence-corrected chi connectivity index (χ3v) is 4.27. The lowest BCUT2D eigenvalue weighted by Gasteiger charge is -2.31. The van der Waals surface area contributed by atoms with Gasteiger partial charge in [-0.3, -0.25) is 19.9 Å². The van der Waals surface area contributed by atoms with Gasteiger partial charge >= 0.3 is 5.97 Å². The molecule has 126 valence electrons. The zero-order valence-electron chi connectivity index (χ0n) is 13.5. The number of esters is 1. The van der Waals surface area contributed by atoms with Crippen LogP contribution < -0.4 is 5.32 Å². The van der Waals surface area contributed by atoms with Crippen LogP contribution in [0.25, 0.3) is 11.0 Å². The second-order valence-electron chi connectivity index (χ2n) is 5.74. The molecule has 25 heavy (non-hydrogen) atoms. The van der Waals surface area contributed by atoms with Gasteiger partial charge in [0.2, 0.25) is 11.9 Å². The predicted octanol–water partition coefficient (Wildman–Crippen LogP) is 2.15. The lowest BCUT2D eigenvalue weighted by molar-refractivity contribution is -0.152. The van der Waals surface area contributed by atoms with Crippen molar-refractivity contribution in [2.45, 2.75) is 13.0 Å². The van der Waals surface area contributed by atoms with Gasteiger partial charge in [-0.05, 0) is 30.7 Å². The van der Waals surface area contributed by atoms with Crippen molar-refractivity contribution in [2.24, 2.45) is 5.92 Å². The third-order valence-electron chi connectivity index (χ3n) is 4.27. The average molecular weight is 336 g/mol. The highest BCUT2D eigenvalue weighted by Gasteiger charge is 2.44. The van der Waals surface area contributed by atoms with Crippen LogP contribution in [0.4, 0.5) is 5.95 Å². The molecule has 4 rings (SSSR count). The number of nitrogens with zero attached hydrogens (tertiary/aromatic N) is 3. The van der Waals surface area contributed by atoms with Gasteiger partial charge in [0, 0.05) is 12.4 Å². The monoisotopic (exact) mass is 336 g/mol. The van der Waals surface area contributed by atoms with E-state index in [4.69, 9.17) is 4.74 Å². The Bertz CT molecular complexity index is 951. The summed E-state index contributed by atoms with van der Waals surface area (Å²) in [6.45, 7) is 1.93. The number of para-hydroxylation sites is 2. The van der Waals surface area contributed by atoms with Crippen molar-refractivity contribution >= 4 is 28.9 Å². The van der Waals surface area contributed by atoms with E-state index in [2.05, 4.69) is 15.3 Å². The summed E-state index contributed by atoms with van der Waals surface area (Å²) in [7, 11) is 0. The number of hydrogen-bond acceptors (Lipinski definition) is 5. The minimum atomic E-state index is -1.01. The summed E-state index contributed by atoms with van der Waals surface area (Å²) in [6, 6.07) is 10.6. The van der Waals surface area contributed by atoms with Crippen LogP contribution in [-0.4, -0.2) is 33.0 Å². The summed E-state index contributed by atoms with van der Waals surface area (Å²) >= 11 is 0. The summed E-state index contributed by atoms with van der Waals surface area (Å²) < 4.78 is 7.02. The summed E-state index contributed by atoms with van der Waals surface area (Å²) in [4.78, 5) is 33.8. The molecule has 0 unspecified atom stereocenters. The smallest absolute Gasteiger partial charge is 0.321 e. The van der Waals surface area contributed by atoms with Crippen molar-refractivity contribution in [1.82, 2.24) is 14.5 Å². The molecule has 3 aromatic rings. The van der Waals surface area contributed by atoms with Crippen LogP contribution in [0.2, 0.25) is 0 Å². The highest BCUT2D eigenvalue weighted by atomic mass is 16.5. The van der Waals surface area contributed by atoms with Crippen LogP contribution in [0.15, 0.2) is 48.8 Å². The summed E-state index contributed by atoms with van der Waals surface area (Å²) in [6.07, 6.45) is 3.31. The first-order valence-corrected chi connectivity index (χ1v) is 8.05.